The minimum absolute atomic E-state index is 0.0231. The maximum atomic E-state index is 9.47. The smallest absolute Gasteiger partial charge is 0.0664 e. The van der Waals surface area contributed by atoms with Gasteiger partial charge in [-0.15, -0.1) is 0 Å². The Kier molecular flexibility index (Phi) is 3.26. The Morgan fingerprint density at radius 1 is 1.09 bits per heavy atom. The van der Waals surface area contributed by atoms with Crippen molar-refractivity contribution in [2.75, 3.05) is 26.3 Å². The highest BCUT2D eigenvalue weighted by atomic mass is 16.3. The van der Waals surface area contributed by atoms with E-state index in [9.17, 15) is 5.11 Å². The largest absolute Gasteiger partial charge is 0.396 e. The second-order valence-electron chi connectivity index (χ2n) is 3.03. The second kappa shape index (κ2) is 4.01. The predicted molar refractivity (Wildman–Crippen MR) is 40.0 cm³/mol. The van der Waals surface area contributed by atoms with E-state index in [4.69, 9.17) is 10.2 Å². The fourth-order valence-corrected chi connectivity index (χ4v) is 1.43. The molecule has 0 spiro atoms. The van der Waals surface area contributed by atoms with Gasteiger partial charge in [-0.25, -0.2) is 0 Å². The molecule has 4 nitrogen and oxygen atoms in total. The van der Waals surface area contributed by atoms with Gasteiger partial charge in [0.05, 0.1) is 6.10 Å². The molecule has 4 N–H and O–H groups in total. The molecule has 0 radical (unpaired) electrons. The summed E-state index contributed by atoms with van der Waals surface area (Å²) < 4.78 is 0. The monoisotopic (exact) mass is 161 g/mol. The van der Waals surface area contributed by atoms with Gasteiger partial charge < -0.3 is 20.6 Å². The van der Waals surface area contributed by atoms with Crippen molar-refractivity contribution >= 4 is 0 Å². The van der Waals surface area contributed by atoms with E-state index in [2.05, 4.69) is 5.32 Å². The molecular formula is C7H15NO3. The van der Waals surface area contributed by atoms with E-state index >= 15 is 0 Å². The molecule has 0 aromatic rings. The fourth-order valence-electron chi connectivity index (χ4n) is 1.43. The van der Waals surface area contributed by atoms with Gasteiger partial charge in [0.2, 0.25) is 0 Å². The van der Waals surface area contributed by atoms with Crippen molar-refractivity contribution in [3.63, 3.8) is 0 Å². The van der Waals surface area contributed by atoms with Crippen LogP contribution in [0.4, 0.5) is 0 Å². The van der Waals surface area contributed by atoms with Crippen LogP contribution in [0.15, 0.2) is 0 Å². The third kappa shape index (κ3) is 1.90. The summed E-state index contributed by atoms with van der Waals surface area (Å²) in [7, 11) is 0. The molecule has 1 aliphatic heterocycles. The van der Waals surface area contributed by atoms with Gasteiger partial charge in [-0.1, -0.05) is 0 Å². The Bertz CT molecular complexity index is 108. The molecule has 1 heterocycles. The molecule has 0 aromatic heterocycles. The van der Waals surface area contributed by atoms with Crippen molar-refractivity contribution in [2.45, 2.75) is 6.10 Å². The van der Waals surface area contributed by atoms with Crippen molar-refractivity contribution in [3.8, 4) is 0 Å². The van der Waals surface area contributed by atoms with Crippen LogP contribution in [0, 0.1) is 11.8 Å². The number of piperidine rings is 1. The van der Waals surface area contributed by atoms with Crippen molar-refractivity contribution in [3.05, 3.63) is 0 Å². The number of aliphatic hydroxyl groups is 3. The zero-order chi connectivity index (χ0) is 8.27. The first-order chi connectivity index (χ1) is 5.29. The van der Waals surface area contributed by atoms with Crippen molar-refractivity contribution in [2.24, 2.45) is 11.8 Å². The number of hydrogen-bond donors (Lipinski definition) is 4. The topological polar surface area (TPSA) is 72.7 Å². The van der Waals surface area contributed by atoms with E-state index in [0.29, 0.717) is 13.1 Å². The highest BCUT2D eigenvalue weighted by Gasteiger charge is 2.30. The van der Waals surface area contributed by atoms with E-state index in [1.165, 1.54) is 0 Å². The first kappa shape index (κ1) is 8.93. The average molecular weight is 161 g/mol. The normalized spacial score (nSPS) is 34.1. The Morgan fingerprint density at radius 3 is 1.91 bits per heavy atom. The summed E-state index contributed by atoms with van der Waals surface area (Å²) in [5, 5.41) is 30.1. The molecule has 1 aliphatic rings. The van der Waals surface area contributed by atoms with Gasteiger partial charge >= 0.3 is 0 Å². The van der Waals surface area contributed by atoms with Crippen LogP contribution in [-0.2, 0) is 0 Å². The van der Waals surface area contributed by atoms with Crippen LogP contribution in [0.25, 0.3) is 0 Å². The first-order valence-corrected chi connectivity index (χ1v) is 3.90. The lowest BCUT2D eigenvalue weighted by molar-refractivity contribution is -0.0167. The van der Waals surface area contributed by atoms with Gasteiger partial charge in [0.1, 0.15) is 0 Å². The van der Waals surface area contributed by atoms with Crippen LogP contribution in [-0.4, -0.2) is 47.7 Å². The average Bonchev–Trinajstić information content (AvgIpc) is 2.05. The summed E-state index contributed by atoms with van der Waals surface area (Å²) >= 11 is 0. The fraction of sp³-hybridized carbons (Fsp3) is 1.00. The SMILES string of the molecule is OC[C@H]1CNC[C@H](CO)C1O. The molecule has 0 saturated carbocycles. The van der Waals surface area contributed by atoms with Crippen LogP contribution in [0.1, 0.15) is 0 Å². The lowest BCUT2D eigenvalue weighted by Gasteiger charge is -2.33. The maximum absolute atomic E-state index is 9.47. The van der Waals surface area contributed by atoms with Gasteiger partial charge in [0.15, 0.2) is 0 Å². The lowest BCUT2D eigenvalue weighted by Crippen LogP contribution is -2.49. The minimum atomic E-state index is -0.564. The summed E-state index contributed by atoms with van der Waals surface area (Å²) in [6, 6.07) is 0. The van der Waals surface area contributed by atoms with Crippen LogP contribution in [0.2, 0.25) is 0 Å². The summed E-state index contributed by atoms with van der Waals surface area (Å²) in [4.78, 5) is 0. The summed E-state index contributed by atoms with van der Waals surface area (Å²) in [5.74, 6) is -0.248. The summed E-state index contributed by atoms with van der Waals surface area (Å²) in [5.41, 5.74) is 0. The van der Waals surface area contributed by atoms with Gasteiger partial charge in [-0.3, -0.25) is 0 Å². The van der Waals surface area contributed by atoms with E-state index < -0.39 is 6.10 Å². The molecule has 66 valence electrons. The molecule has 1 saturated heterocycles. The molecule has 4 heteroatoms. The van der Waals surface area contributed by atoms with Crippen LogP contribution in [0.5, 0.6) is 0 Å². The highest BCUT2D eigenvalue weighted by Crippen LogP contribution is 2.15. The van der Waals surface area contributed by atoms with Crippen LogP contribution < -0.4 is 5.32 Å². The van der Waals surface area contributed by atoms with Crippen molar-refractivity contribution in [1.29, 1.82) is 0 Å². The Labute approximate surface area is 65.9 Å². The molecule has 1 rings (SSSR count). The molecule has 2 atom stereocenters. The number of aliphatic hydroxyl groups excluding tert-OH is 3. The molecule has 0 amide bonds. The van der Waals surface area contributed by atoms with Crippen molar-refractivity contribution < 1.29 is 15.3 Å². The lowest BCUT2D eigenvalue weighted by atomic mass is 9.88. The number of hydrogen-bond acceptors (Lipinski definition) is 4. The third-order valence-corrected chi connectivity index (χ3v) is 2.25. The molecule has 0 aromatic carbocycles. The number of nitrogens with one attached hydrogen (secondary N) is 1. The van der Waals surface area contributed by atoms with E-state index in [1.807, 2.05) is 0 Å². The first-order valence-electron chi connectivity index (χ1n) is 3.90. The van der Waals surface area contributed by atoms with Crippen LogP contribution in [0.3, 0.4) is 0 Å². The summed E-state index contributed by atoms with van der Waals surface area (Å²) in [6.45, 7) is 1.22. The highest BCUT2D eigenvalue weighted by molar-refractivity contribution is 4.83. The van der Waals surface area contributed by atoms with Gasteiger partial charge in [-0.05, 0) is 0 Å². The zero-order valence-electron chi connectivity index (χ0n) is 6.40. The van der Waals surface area contributed by atoms with E-state index in [1.54, 1.807) is 0 Å². The second-order valence-corrected chi connectivity index (χ2v) is 3.03. The standard InChI is InChI=1S/C7H15NO3/c9-3-5-1-8-2-6(4-10)7(5)11/h5-11H,1-4H2/t5-,6-/m1/s1. The Hall–Kier alpha value is -0.160. The molecule has 0 unspecified atom stereocenters. The van der Waals surface area contributed by atoms with Gasteiger partial charge in [0.25, 0.3) is 0 Å². The van der Waals surface area contributed by atoms with Crippen LogP contribution >= 0.6 is 0 Å². The Morgan fingerprint density at radius 2 is 1.55 bits per heavy atom. The van der Waals surface area contributed by atoms with Crippen molar-refractivity contribution in [1.82, 2.24) is 5.32 Å². The zero-order valence-corrected chi connectivity index (χ0v) is 6.40. The van der Waals surface area contributed by atoms with E-state index in [0.717, 1.165) is 0 Å². The molecule has 0 aliphatic carbocycles. The van der Waals surface area contributed by atoms with E-state index in [-0.39, 0.29) is 25.0 Å². The Balaban J connectivity index is 2.45. The quantitative estimate of drug-likeness (QED) is 0.384. The maximum Gasteiger partial charge on any atom is 0.0664 e. The third-order valence-electron chi connectivity index (χ3n) is 2.25. The molecule has 0 bridgehead atoms. The molecular weight excluding hydrogens is 146 g/mol. The van der Waals surface area contributed by atoms with Gasteiger partial charge in [-0.2, -0.15) is 0 Å². The minimum Gasteiger partial charge on any atom is -0.396 e. The number of rotatable bonds is 2. The molecule has 1 fully saturated rings. The predicted octanol–water partition coefficient (Wildman–Crippen LogP) is -1.83. The summed E-state index contributed by atoms with van der Waals surface area (Å²) in [6.07, 6.45) is -0.564. The van der Waals surface area contributed by atoms with Gasteiger partial charge in [0, 0.05) is 38.1 Å². The molecule has 11 heavy (non-hydrogen) atoms.